The predicted molar refractivity (Wildman–Crippen MR) is 60.2 cm³/mol. The molecule has 1 atom stereocenters. The van der Waals surface area contributed by atoms with E-state index < -0.39 is 17.2 Å². The Morgan fingerprint density at radius 3 is 2.67 bits per heavy atom. The number of hydrogen-bond acceptors (Lipinski definition) is 4. The van der Waals surface area contributed by atoms with Crippen LogP contribution in [0.3, 0.4) is 0 Å². The van der Waals surface area contributed by atoms with Crippen LogP contribution in [0.15, 0.2) is 10.1 Å². The number of amides is 1. The number of carbonyl (C=O) groups is 2. The monoisotopic (exact) mass is 299 g/mol. The fourth-order valence-corrected chi connectivity index (χ4v) is 1.76. The highest BCUT2D eigenvalue weighted by Crippen LogP contribution is 2.19. The lowest BCUT2D eigenvalue weighted by Crippen LogP contribution is -2.42. The third kappa shape index (κ3) is 6.51. The standard InChI is InChI=1S/C8H11BrFNO3S/c1-5(12)11-6(8(13)14-2)4-15-7(10)3-9/h3,6H,4H2,1-2H3,(H,11,12)/t6-/m0/s1. The zero-order chi connectivity index (χ0) is 11.8. The van der Waals surface area contributed by atoms with Crippen LogP contribution in [0.5, 0.6) is 0 Å². The number of methoxy groups -OCH3 is 1. The van der Waals surface area contributed by atoms with Gasteiger partial charge in [0.05, 0.1) is 7.11 Å². The Kier molecular flexibility index (Phi) is 7.41. The number of hydrogen-bond donors (Lipinski definition) is 1. The highest BCUT2D eigenvalue weighted by atomic mass is 79.9. The molecule has 0 fully saturated rings. The Bertz CT molecular complexity index is 273. The molecule has 0 aromatic carbocycles. The van der Waals surface area contributed by atoms with Crippen molar-refractivity contribution in [3.8, 4) is 0 Å². The maximum Gasteiger partial charge on any atom is 0.329 e. The zero-order valence-electron chi connectivity index (χ0n) is 8.25. The molecule has 86 valence electrons. The molecular weight excluding hydrogens is 289 g/mol. The molecule has 0 heterocycles. The van der Waals surface area contributed by atoms with E-state index in [9.17, 15) is 14.0 Å². The third-order valence-corrected chi connectivity index (χ3v) is 2.94. The van der Waals surface area contributed by atoms with E-state index in [0.29, 0.717) is 0 Å². The van der Waals surface area contributed by atoms with Crippen molar-refractivity contribution in [2.75, 3.05) is 12.9 Å². The van der Waals surface area contributed by atoms with Crippen molar-refractivity contribution >= 4 is 39.6 Å². The summed E-state index contributed by atoms with van der Waals surface area (Å²) in [5, 5.41) is 1.89. The highest BCUT2D eigenvalue weighted by Gasteiger charge is 2.20. The van der Waals surface area contributed by atoms with Gasteiger partial charge in [-0.25, -0.2) is 4.79 Å². The molecule has 0 unspecified atom stereocenters. The minimum Gasteiger partial charge on any atom is -0.467 e. The van der Waals surface area contributed by atoms with Gasteiger partial charge in [-0.05, 0) is 0 Å². The predicted octanol–water partition coefficient (Wildman–Crippen LogP) is 1.56. The van der Waals surface area contributed by atoms with Crippen molar-refractivity contribution in [1.82, 2.24) is 5.32 Å². The number of esters is 1. The van der Waals surface area contributed by atoms with Gasteiger partial charge in [-0.1, -0.05) is 27.7 Å². The largest absolute Gasteiger partial charge is 0.467 e. The Morgan fingerprint density at radius 2 is 2.27 bits per heavy atom. The lowest BCUT2D eigenvalue weighted by atomic mass is 10.3. The average molecular weight is 300 g/mol. The van der Waals surface area contributed by atoms with Crippen molar-refractivity contribution < 1.29 is 18.7 Å². The molecule has 0 rings (SSSR count). The summed E-state index contributed by atoms with van der Waals surface area (Å²) in [5.74, 6) is -0.880. The van der Waals surface area contributed by atoms with E-state index in [-0.39, 0.29) is 11.7 Å². The molecule has 0 aliphatic carbocycles. The summed E-state index contributed by atoms with van der Waals surface area (Å²) < 4.78 is 17.2. The number of ether oxygens (including phenoxy) is 1. The van der Waals surface area contributed by atoms with Crippen LogP contribution < -0.4 is 5.32 Å². The molecule has 0 aromatic heterocycles. The second kappa shape index (κ2) is 7.70. The van der Waals surface area contributed by atoms with Crippen LogP contribution >= 0.6 is 27.7 Å². The minimum absolute atomic E-state index is 0.0835. The number of rotatable bonds is 5. The summed E-state index contributed by atoms with van der Waals surface area (Å²) in [7, 11) is 1.21. The summed E-state index contributed by atoms with van der Waals surface area (Å²) in [6, 6.07) is -0.837. The van der Waals surface area contributed by atoms with Gasteiger partial charge in [0.1, 0.15) is 6.04 Å². The van der Waals surface area contributed by atoms with Gasteiger partial charge in [0.15, 0.2) is 5.16 Å². The summed E-state index contributed by atoms with van der Waals surface area (Å²) in [4.78, 5) is 23.0. The fourth-order valence-electron chi connectivity index (χ4n) is 0.751. The van der Waals surface area contributed by atoms with Crippen LogP contribution in [0.1, 0.15) is 6.92 Å². The van der Waals surface area contributed by atoms with Crippen molar-refractivity contribution in [2.45, 2.75) is 13.0 Å². The van der Waals surface area contributed by atoms with Crippen molar-refractivity contribution in [1.29, 1.82) is 0 Å². The first-order valence-electron chi connectivity index (χ1n) is 3.94. The van der Waals surface area contributed by atoms with Gasteiger partial charge in [0.2, 0.25) is 5.91 Å². The van der Waals surface area contributed by atoms with Gasteiger partial charge in [-0.15, -0.1) is 0 Å². The Balaban J connectivity index is 4.25. The number of halogens is 2. The van der Waals surface area contributed by atoms with E-state index in [1.807, 2.05) is 0 Å². The molecule has 0 bridgehead atoms. The lowest BCUT2D eigenvalue weighted by molar-refractivity contribution is -0.144. The first-order chi connectivity index (χ1) is 7.01. The van der Waals surface area contributed by atoms with Gasteiger partial charge in [0.25, 0.3) is 0 Å². The van der Waals surface area contributed by atoms with Gasteiger partial charge >= 0.3 is 5.97 Å². The lowest BCUT2D eigenvalue weighted by Gasteiger charge is -2.13. The van der Waals surface area contributed by atoms with E-state index in [0.717, 1.165) is 16.7 Å². The molecule has 0 aliphatic heterocycles. The molecule has 7 heteroatoms. The smallest absolute Gasteiger partial charge is 0.329 e. The molecule has 0 spiro atoms. The zero-order valence-corrected chi connectivity index (χ0v) is 10.7. The number of carbonyl (C=O) groups excluding carboxylic acids is 2. The topological polar surface area (TPSA) is 55.4 Å². The van der Waals surface area contributed by atoms with Gasteiger partial charge in [-0.2, -0.15) is 4.39 Å². The first-order valence-corrected chi connectivity index (χ1v) is 5.85. The highest BCUT2D eigenvalue weighted by molar-refractivity contribution is 9.11. The summed E-state index contributed by atoms with van der Waals surface area (Å²) in [5.41, 5.74) is 0. The number of thioether (sulfide) groups is 1. The first kappa shape index (κ1) is 14.4. The summed E-state index contributed by atoms with van der Waals surface area (Å²) in [6.45, 7) is 1.28. The van der Waals surface area contributed by atoms with E-state index >= 15 is 0 Å². The normalized spacial score (nSPS) is 13.2. The second-order valence-corrected chi connectivity index (χ2v) is 3.97. The maximum atomic E-state index is 12.7. The molecule has 1 amide bonds. The molecule has 0 saturated carbocycles. The van der Waals surface area contributed by atoms with Crippen LogP contribution in [0.4, 0.5) is 4.39 Å². The molecule has 0 radical (unpaired) electrons. The van der Waals surface area contributed by atoms with Crippen molar-refractivity contribution in [3.05, 3.63) is 10.1 Å². The summed E-state index contributed by atoms with van der Waals surface area (Å²) in [6.07, 6.45) is 0. The van der Waals surface area contributed by atoms with E-state index in [4.69, 9.17) is 0 Å². The van der Waals surface area contributed by atoms with Crippen LogP contribution in [0.25, 0.3) is 0 Å². The van der Waals surface area contributed by atoms with E-state index in [1.165, 1.54) is 14.0 Å². The molecule has 0 saturated heterocycles. The molecule has 0 aromatic rings. The van der Waals surface area contributed by atoms with Crippen LogP contribution in [-0.4, -0.2) is 30.8 Å². The fraction of sp³-hybridized carbons (Fsp3) is 0.500. The Labute approximate surface area is 99.7 Å². The van der Waals surface area contributed by atoms with E-state index in [1.54, 1.807) is 0 Å². The van der Waals surface area contributed by atoms with Crippen LogP contribution in [0, 0.1) is 0 Å². The third-order valence-electron chi connectivity index (χ3n) is 1.34. The Morgan fingerprint density at radius 1 is 1.67 bits per heavy atom. The molecule has 4 nitrogen and oxygen atoms in total. The quantitative estimate of drug-likeness (QED) is 0.783. The summed E-state index contributed by atoms with van der Waals surface area (Å²) >= 11 is 3.61. The average Bonchev–Trinajstić information content (AvgIpc) is 2.21. The Hall–Kier alpha value is -0.560. The second-order valence-electron chi connectivity index (χ2n) is 2.50. The van der Waals surface area contributed by atoms with Gasteiger partial charge in [0, 0.05) is 17.7 Å². The molecule has 15 heavy (non-hydrogen) atoms. The molecular formula is C8H11BrFNO3S. The van der Waals surface area contributed by atoms with Gasteiger partial charge < -0.3 is 10.1 Å². The van der Waals surface area contributed by atoms with Crippen molar-refractivity contribution in [3.63, 3.8) is 0 Å². The van der Waals surface area contributed by atoms with Crippen LogP contribution in [-0.2, 0) is 14.3 Å². The van der Waals surface area contributed by atoms with E-state index in [2.05, 4.69) is 26.0 Å². The van der Waals surface area contributed by atoms with Crippen LogP contribution in [0.2, 0.25) is 0 Å². The number of nitrogens with one attached hydrogen (secondary N) is 1. The minimum atomic E-state index is -0.837. The van der Waals surface area contributed by atoms with Crippen molar-refractivity contribution in [2.24, 2.45) is 0 Å². The maximum absolute atomic E-state index is 12.7. The molecule has 1 N–H and O–H groups in total. The van der Waals surface area contributed by atoms with Gasteiger partial charge in [-0.3, -0.25) is 4.79 Å². The SMILES string of the molecule is COC(=O)[C@H](CSC(F)=CBr)NC(C)=O. The molecule has 0 aliphatic rings.